The Labute approximate surface area is 346 Å². The third-order valence-corrected chi connectivity index (χ3v) is 11.9. The summed E-state index contributed by atoms with van der Waals surface area (Å²) in [4.78, 5) is 30.7. The number of aryl methyl sites for hydroxylation is 9. The number of hydrogen-bond acceptors (Lipinski definition) is 3. The van der Waals surface area contributed by atoms with Gasteiger partial charge >= 0.3 is 0 Å². The van der Waals surface area contributed by atoms with Crippen molar-refractivity contribution in [2.45, 2.75) is 62.3 Å². The van der Waals surface area contributed by atoms with Crippen molar-refractivity contribution >= 4 is 52.7 Å². The van der Waals surface area contributed by atoms with Gasteiger partial charge in [-0.15, -0.1) is 0 Å². The first-order valence-corrected chi connectivity index (χ1v) is 20.3. The van der Waals surface area contributed by atoms with Gasteiger partial charge in [-0.2, -0.15) is 0 Å². The number of fused-ring (bicyclic) bond motifs is 8. The molecule has 5 heterocycles. The van der Waals surface area contributed by atoms with E-state index < -0.39 is 0 Å². The number of aromatic amines is 2. The zero-order valence-electron chi connectivity index (χ0n) is 35.3. The van der Waals surface area contributed by atoms with E-state index in [9.17, 15) is 4.79 Å². The third-order valence-electron chi connectivity index (χ3n) is 11.9. The summed E-state index contributed by atoms with van der Waals surface area (Å²) in [6.45, 7) is 19.7. The van der Waals surface area contributed by atoms with E-state index in [0.717, 1.165) is 90.1 Å². The molecule has 5 heteroatoms. The van der Waals surface area contributed by atoms with Gasteiger partial charge in [-0.1, -0.05) is 77.4 Å². The molecule has 0 radical (unpaired) electrons. The van der Waals surface area contributed by atoms with E-state index in [0.29, 0.717) is 5.56 Å². The Hall–Kier alpha value is -6.85. The van der Waals surface area contributed by atoms with Crippen molar-refractivity contribution in [2.24, 2.45) is 0 Å². The lowest BCUT2D eigenvalue weighted by atomic mass is 9.92. The molecule has 59 heavy (non-hydrogen) atoms. The molecule has 0 saturated carbocycles. The number of carbonyl (C=O) groups excluding carboxylic acids is 1. The standard InChI is InChI=1S/C54H48N4O/c1-29-22-32(4)48(33(5)23-29)52-42-16-14-40(55-42)51(39-12-10-38(28-59)11-13-39)41-15-17-43(56-41)53(49-34(6)24-30(2)25-35(49)7)45-19-21-47(58-45)54(46-20-18-44(52)57-46)50-36(8)26-31(3)27-37(50)9/h10-28,55,58H,1-9H3. The summed E-state index contributed by atoms with van der Waals surface area (Å²) in [5.74, 6) is 0. The fourth-order valence-corrected chi connectivity index (χ4v) is 9.75. The van der Waals surface area contributed by atoms with Gasteiger partial charge in [-0.3, -0.25) is 4.79 Å². The van der Waals surface area contributed by atoms with Crippen LogP contribution in [-0.4, -0.2) is 26.2 Å². The van der Waals surface area contributed by atoms with Crippen LogP contribution >= 0.6 is 0 Å². The summed E-state index contributed by atoms with van der Waals surface area (Å²) in [7, 11) is 0. The first-order chi connectivity index (χ1) is 28.4. The van der Waals surface area contributed by atoms with Crippen LogP contribution in [0, 0.1) is 62.3 Å². The predicted octanol–water partition coefficient (Wildman–Crippen LogP) is 13.9. The molecule has 0 fully saturated rings. The normalized spacial score (nSPS) is 12.1. The van der Waals surface area contributed by atoms with Crippen LogP contribution in [0.3, 0.4) is 0 Å². The van der Waals surface area contributed by atoms with Gasteiger partial charge in [0.1, 0.15) is 6.29 Å². The summed E-state index contributed by atoms with van der Waals surface area (Å²) >= 11 is 0. The second kappa shape index (κ2) is 14.5. The van der Waals surface area contributed by atoms with E-state index in [1.807, 2.05) is 24.3 Å². The summed E-state index contributed by atoms with van der Waals surface area (Å²) in [5.41, 5.74) is 27.4. The van der Waals surface area contributed by atoms with E-state index in [4.69, 9.17) is 9.97 Å². The Bertz CT molecular complexity index is 3020. The lowest BCUT2D eigenvalue weighted by molar-refractivity contribution is 0.112. The van der Waals surface area contributed by atoms with Crippen molar-refractivity contribution in [1.29, 1.82) is 0 Å². The van der Waals surface area contributed by atoms with E-state index in [-0.39, 0.29) is 0 Å². The van der Waals surface area contributed by atoms with Gasteiger partial charge in [-0.25, -0.2) is 9.97 Å². The highest BCUT2D eigenvalue weighted by Gasteiger charge is 2.22. The van der Waals surface area contributed by atoms with Gasteiger partial charge in [0.2, 0.25) is 0 Å². The van der Waals surface area contributed by atoms with Crippen molar-refractivity contribution in [3.63, 3.8) is 0 Å². The van der Waals surface area contributed by atoms with Crippen molar-refractivity contribution in [3.8, 4) is 44.5 Å². The quantitative estimate of drug-likeness (QED) is 0.171. The number of carbonyl (C=O) groups is 1. The number of nitrogens with one attached hydrogen (secondary N) is 2. The van der Waals surface area contributed by atoms with Crippen LogP contribution < -0.4 is 0 Å². The molecule has 290 valence electrons. The highest BCUT2D eigenvalue weighted by atomic mass is 16.1. The molecule has 5 nitrogen and oxygen atoms in total. The average molecular weight is 769 g/mol. The van der Waals surface area contributed by atoms with E-state index >= 15 is 0 Å². The second-order valence-electron chi connectivity index (χ2n) is 16.6. The Kier molecular flexibility index (Phi) is 9.28. The van der Waals surface area contributed by atoms with Gasteiger partial charge < -0.3 is 9.97 Å². The summed E-state index contributed by atoms with van der Waals surface area (Å²) in [6, 6.07) is 30.1. The lowest BCUT2D eigenvalue weighted by Crippen LogP contribution is -1.96. The lowest BCUT2D eigenvalue weighted by Gasteiger charge is -2.14. The van der Waals surface area contributed by atoms with Crippen molar-refractivity contribution in [2.75, 3.05) is 0 Å². The van der Waals surface area contributed by atoms with Gasteiger partial charge in [0.25, 0.3) is 0 Å². The van der Waals surface area contributed by atoms with E-state index in [1.54, 1.807) is 0 Å². The van der Waals surface area contributed by atoms with Crippen LogP contribution in [0.15, 0.2) is 84.9 Å². The number of H-pyrrole nitrogens is 2. The Morgan fingerprint density at radius 3 is 0.966 bits per heavy atom. The molecular weight excluding hydrogens is 721 g/mol. The van der Waals surface area contributed by atoms with Gasteiger partial charge in [-0.05, 0) is 167 Å². The molecule has 0 unspecified atom stereocenters. The molecule has 0 spiro atoms. The molecule has 3 aromatic heterocycles. The minimum atomic E-state index is 0.626. The fraction of sp³-hybridized carbons (Fsp3) is 0.167. The van der Waals surface area contributed by atoms with Crippen LogP contribution in [0.2, 0.25) is 0 Å². The summed E-state index contributed by atoms with van der Waals surface area (Å²) < 4.78 is 0. The monoisotopic (exact) mass is 768 g/mol. The Balaban J connectivity index is 1.52. The number of rotatable bonds is 5. The summed E-state index contributed by atoms with van der Waals surface area (Å²) in [5, 5.41) is 0. The topological polar surface area (TPSA) is 74.4 Å². The largest absolute Gasteiger partial charge is 0.354 e. The molecule has 9 rings (SSSR count). The van der Waals surface area contributed by atoms with Crippen LogP contribution in [-0.2, 0) is 0 Å². The average Bonchev–Trinajstić information content (AvgIpc) is 4.02. The van der Waals surface area contributed by atoms with Crippen LogP contribution in [0.25, 0.3) is 90.9 Å². The van der Waals surface area contributed by atoms with Crippen molar-refractivity contribution in [3.05, 3.63) is 163 Å². The fourth-order valence-electron chi connectivity index (χ4n) is 9.75. The maximum atomic E-state index is 11.8. The molecule has 0 amide bonds. The maximum Gasteiger partial charge on any atom is 0.150 e. The van der Waals surface area contributed by atoms with Gasteiger partial charge in [0.05, 0.1) is 22.8 Å². The number of hydrogen-bond donors (Lipinski definition) is 2. The molecule has 2 N–H and O–H groups in total. The highest BCUT2D eigenvalue weighted by molar-refractivity contribution is 6.01. The molecule has 2 aliphatic heterocycles. The van der Waals surface area contributed by atoms with Crippen LogP contribution in [0.5, 0.6) is 0 Å². The van der Waals surface area contributed by atoms with Crippen molar-refractivity contribution in [1.82, 2.24) is 19.9 Å². The minimum Gasteiger partial charge on any atom is -0.354 e. The minimum absolute atomic E-state index is 0.626. The van der Waals surface area contributed by atoms with Crippen LogP contribution in [0.4, 0.5) is 0 Å². The molecule has 0 saturated heterocycles. The van der Waals surface area contributed by atoms with Crippen molar-refractivity contribution < 1.29 is 4.79 Å². The van der Waals surface area contributed by atoms with E-state index in [1.165, 1.54) is 55.6 Å². The predicted molar refractivity (Wildman–Crippen MR) is 249 cm³/mol. The first kappa shape index (κ1) is 37.7. The first-order valence-electron chi connectivity index (χ1n) is 20.3. The highest BCUT2D eigenvalue weighted by Crippen LogP contribution is 2.42. The maximum absolute atomic E-state index is 11.8. The Morgan fingerprint density at radius 1 is 0.373 bits per heavy atom. The number of aldehydes is 1. The summed E-state index contributed by atoms with van der Waals surface area (Å²) in [6.07, 6.45) is 9.51. The molecule has 0 aliphatic carbocycles. The Morgan fingerprint density at radius 2 is 0.661 bits per heavy atom. The van der Waals surface area contributed by atoms with Gasteiger partial charge in [0, 0.05) is 49.9 Å². The SMILES string of the molecule is Cc1cc(C)c(-c2c3nc(c(-c4c(C)cc(C)cc4C)c4ccc([nH]4)c(-c4c(C)cc(C)cc4C)c4nc(c(-c5ccc(C=O)cc5)c5ccc2[nH]5)C=C4)C=C3)c(C)c1. The molecule has 8 bridgehead atoms. The molecule has 4 aromatic carbocycles. The zero-order valence-corrected chi connectivity index (χ0v) is 35.3. The van der Waals surface area contributed by atoms with Crippen LogP contribution in [0.1, 0.15) is 83.2 Å². The molecule has 0 atom stereocenters. The smallest absolute Gasteiger partial charge is 0.150 e. The molecular formula is C54H48N4O. The van der Waals surface area contributed by atoms with E-state index in [2.05, 4.69) is 157 Å². The molecule has 2 aliphatic rings. The number of nitrogens with zero attached hydrogens (tertiary/aromatic N) is 2. The number of aromatic nitrogens is 4. The third kappa shape index (κ3) is 6.57. The second-order valence-corrected chi connectivity index (χ2v) is 16.6. The zero-order chi connectivity index (χ0) is 41.3. The molecule has 7 aromatic rings. The number of benzene rings is 4. The van der Waals surface area contributed by atoms with Gasteiger partial charge in [0.15, 0.2) is 0 Å².